The van der Waals surface area contributed by atoms with Crippen molar-refractivity contribution in [3.63, 3.8) is 0 Å². The zero-order chi connectivity index (χ0) is 16.5. The van der Waals surface area contributed by atoms with Crippen LogP contribution in [0.25, 0.3) is 0 Å². The van der Waals surface area contributed by atoms with E-state index in [0.717, 1.165) is 6.07 Å². The van der Waals surface area contributed by atoms with Crippen molar-refractivity contribution in [3.8, 4) is 0 Å². The molecule has 0 radical (unpaired) electrons. The molecule has 0 aromatic heterocycles. The van der Waals surface area contributed by atoms with Gasteiger partial charge in [0.15, 0.2) is 0 Å². The standard InChI is InChI=1S/C14H11Cl2F2NO2S/c1-8(11-4-3-10(17)7-13(11)18)19-22(20,21)14-6-9(15)2-5-12(14)16/h2-8,19H,1H3/t8-/m0/s1. The Morgan fingerprint density at radius 3 is 2.41 bits per heavy atom. The second-order valence-corrected chi connectivity index (χ2v) is 7.11. The van der Waals surface area contributed by atoms with Crippen LogP contribution in [0.5, 0.6) is 0 Å². The van der Waals surface area contributed by atoms with Crippen LogP contribution in [-0.2, 0) is 10.0 Å². The van der Waals surface area contributed by atoms with Crippen LogP contribution in [0, 0.1) is 11.6 Å². The summed E-state index contributed by atoms with van der Waals surface area (Å²) >= 11 is 11.6. The number of nitrogens with one attached hydrogen (secondary N) is 1. The fourth-order valence-corrected chi connectivity index (χ4v) is 3.88. The molecule has 2 aromatic carbocycles. The third-order valence-electron chi connectivity index (χ3n) is 2.94. The fourth-order valence-electron chi connectivity index (χ4n) is 1.90. The summed E-state index contributed by atoms with van der Waals surface area (Å²) in [5, 5.41) is 0.189. The number of sulfonamides is 1. The summed E-state index contributed by atoms with van der Waals surface area (Å²) < 4.78 is 53.5. The zero-order valence-corrected chi connectivity index (χ0v) is 13.6. The molecule has 8 heteroatoms. The molecule has 2 rings (SSSR count). The van der Waals surface area contributed by atoms with Gasteiger partial charge in [0.2, 0.25) is 10.0 Å². The van der Waals surface area contributed by atoms with Gasteiger partial charge >= 0.3 is 0 Å². The molecule has 0 amide bonds. The van der Waals surface area contributed by atoms with Crippen molar-refractivity contribution in [2.45, 2.75) is 17.9 Å². The lowest BCUT2D eigenvalue weighted by Gasteiger charge is -2.16. The topological polar surface area (TPSA) is 46.2 Å². The maximum atomic E-state index is 13.7. The van der Waals surface area contributed by atoms with E-state index in [-0.39, 0.29) is 20.5 Å². The molecule has 0 saturated heterocycles. The summed E-state index contributed by atoms with van der Waals surface area (Å²) in [4.78, 5) is -0.212. The minimum atomic E-state index is -4.01. The average molecular weight is 366 g/mol. The van der Waals surface area contributed by atoms with Gasteiger partial charge in [-0.15, -0.1) is 0 Å². The molecule has 0 bridgehead atoms. The monoisotopic (exact) mass is 365 g/mol. The maximum Gasteiger partial charge on any atom is 0.242 e. The third kappa shape index (κ3) is 3.76. The first-order valence-electron chi connectivity index (χ1n) is 6.13. The number of benzene rings is 2. The van der Waals surface area contributed by atoms with Crippen LogP contribution in [0.15, 0.2) is 41.3 Å². The average Bonchev–Trinajstić information content (AvgIpc) is 2.40. The van der Waals surface area contributed by atoms with Gasteiger partial charge in [-0.1, -0.05) is 29.3 Å². The summed E-state index contributed by atoms with van der Waals surface area (Å²) in [6.45, 7) is 1.44. The van der Waals surface area contributed by atoms with Crippen molar-refractivity contribution >= 4 is 33.2 Å². The Kier molecular flexibility index (Phi) is 5.07. The van der Waals surface area contributed by atoms with E-state index in [0.29, 0.717) is 6.07 Å². The predicted molar refractivity (Wildman–Crippen MR) is 81.6 cm³/mol. The van der Waals surface area contributed by atoms with Crippen molar-refractivity contribution in [2.24, 2.45) is 0 Å². The molecular formula is C14H11Cl2F2NO2S. The van der Waals surface area contributed by atoms with Gasteiger partial charge < -0.3 is 0 Å². The van der Waals surface area contributed by atoms with Gasteiger partial charge in [0, 0.05) is 22.7 Å². The molecule has 1 N–H and O–H groups in total. The van der Waals surface area contributed by atoms with Gasteiger partial charge in [0.05, 0.1) is 5.02 Å². The fraction of sp³-hybridized carbons (Fsp3) is 0.143. The number of hydrogen-bond acceptors (Lipinski definition) is 2. The highest BCUT2D eigenvalue weighted by atomic mass is 35.5. The van der Waals surface area contributed by atoms with Crippen LogP contribution in [0.1, 0.15) is 18.5 Å². The minimum absolute atomic E-state index is 0.0105. The molecule has 3 nitrogen and oxygen atoms in total. The van der Waals surface area contributed by atoms with Crippen molar-refractivity contribution in [3.05, 3.63) is 63.6 Å². The molecule has 0 unspecified atom stereocenters. The van der Waals surface area contributed by atoms with Crippen LogP contribution in [0.3, 0.4) is 0 Å². The summed E-state index contributed by atoms with van der Waals surface area (Å²) in [5.41, 5.74) is 0.0168. The molecular weight excluding hydrogens is 355 g/mol. The molecule has 0 spiro atoms. The number of hydrogen-bond donors (Lipinski definition) is 1. The highest BCUT2D eigenvalue weighted by Crippen LogP contribution is 2.27. The summed E-state index contributed by atoms with van der Waals surface area (Å²) in [6, 6.07) is 5.99. The van der Waals surface area contributed by atoms with Crippen molar-refractivity contribution in [2.75, 3.05) is 0 Å². The highest BCUT2D eigenvalue weighted by molar-refractivity contribution is 7.89. The van der Waals surface area contributed by atoms with Crippen LogP contribution in [-0.4, -0.2) is 8.42 Å². The number of rotatable bonds is 4. The molecule has 22 heavy (non-hydrogen) atoms. The summed E-state index contributed by atoms with van der Waals surface area (Å²) in [6.07, 6.45) is 0. The van der Waals surface area contributed by atoms with E-state index in [1.165, 1.54) is 31.2 Å². The van der Waals surface area contributed by atoms with Gasteiger partial charge in [0.25, 0.3) is 0 Å². The maximum absolute atomic E-state index is 13.7. The van der Waals surface area contributed by atoms with Crippen molar-refractivity contribution < 1.29 is 17.2 Å². The van der Waals surface area contributed by atoms with Crippen LogP contribution in [0.2, 0.25) is 10.0 Å². The Morgan fingerprint density at radius 2 is 1.77 bits per heavy atom. The minimum Gasteiger partial charge on any atom is -0.207 e. The lowest BCUT2D eigenvalue weighted by Crippen LogP contribution is -2.27. The van der Waals surface area contributed by atoms with Gasteiger partial charge in [0.1, 0.15) is 16.5 Å². The lowest BCUT2D eigenvalue weighted by molar-refractivity contribution is 0.540. The molecule has 118 valence electrons. The molecule has 0 aliphatic heterocycles. The highest BCUT2D eigenvalue weighted by Gasteiger charge is 2.23. The van der Waals surface area contributed by atoms with E-state index in [2.05, 4.69) is 4.72 Å². The van der Waals surface area contributed by atoms with Crippen LogP contribution < -0.4 is 4.72 Å². The van der Waals surface area contributed by atoms with E-state index in [4.69, 9.17) is 23.2 Å². The lowest BCUT2D eigenvalue weighted by atomic mass is 10.1. The Bertz CT molecular complexity index is 812. The van der Waals surface area contributed by atoms with E-state index >= 15 is 0 Å². The smallest absolute Gasteiger partial charge is 0.207 e. The first kappa shape index (κ1) is 17.1. The Hall–Kier alpha value is -1.21. The first-order valence-corrected chi connectivity index (χ1v) is 8.37. The van der Waals surface area contributed by atoms with Crippen LogP contribution in [0.4, 0.5) is 8.78 Å². The Morgan fingerprint density at radius 1 is 1.09 bits per heavy atom. The van der Waals surface area contributed by atoms with Gasteiger partial charge in [-0.05, 0) is 31.2 Å². The second kappa shape index (κ2) is 6.50. The zero-order valence-electron chi connectivity index (χ0n) is 11.3. The van der Waals surface area contributed by atoms with Crippen LogP contribution >= 0.6 is 23.2 Å². The molecule has 2 aromatic rings. The van der Waals surface area contributed by atoms with E-state index in [1.54, 1.807) is 0 Å². The normalized spacial score (nSPS) is 13.1. The van der Waals surface area contributed by atoms with Gasteiger partial charge in [-0.2, -0.15) is 0 Å². The Balaban J connectivity index is 2.34. The molecule has 0 aliphatic carbocycles. The molecule has 0 saturated carbocycles. The molecule has 0 aliphatic rings. The van der Waals surface area contributed by atoms with E-state index in [9.17, 15) is 17.2 Å². The SMILES string of the molecule is C[C@H](NS(=O)(=O)c1cc(Cl)ccc1Cl)c1ccc(F)cc1F. The largest absolute Gasteiger partial charge is 0.242 e. The van der Waals surface area contributed by atoms with Gasteiger partial charge in [-0.25, -0.2) is 21.9 Å². The van der Waals surface area contributed by atoms with E-state index < -0.39 is 27.7 Å². The quantitative estimate of drug-likeness (QED) is 0.877. The predicted octanol–water partition coefficient (Wildman–Crippen LogP) is 4.31. The third-order valence-corrected chi connectivity index (χ3v) is 5.20. The molecule has 0 fully saturated rings. The van der Waals surface area contributed by atoms with Gasteiger partial charge in [-0.3, -0.25) is 0 Å². The Labute approximate surface area is 136 Å². The molecule has 0 heterocycles. The molecule has 1 atom stereocenters. The first-order chi connectivity index (χ1) is 10.2. The van der Waals surface area contributed by atoms with Crippen molar-refractivity contribution in [1.29, 1.82) is 0 Å². The summed E-state index contributed by atoms with van der Waals surface area (Å²) in [5.74, 6) is -1.58. The van der Waals surface area contributed by atoms with E-state index in [1.807, 2.05) is 0 Å². The second-order valence-electron chi connectivity index (χ2n) is 4.58. The van der Waals surface area contributed by atoms with Crippen molar-refractivity contribution in [1.82, 2.24) is 4.72 Å². The summed E-state index contributed by atoms with van der Waals surface area (Å²) in [7, 11) is -4.01. The number of halogens is 4.